The molecule has 0 atom stereocenters. The zero-order valence-corrected chi connectivity index (χ0v) is 17.2. The summed E-state index contributed by atoms with van der Waals surface area (Å²) in [6.07, 6.45) is 6.59. The zero-order valence-electron chi connectivity index (χ0n) is 17.2. The van der Waals surface area contributed by atoms with Gasteiger partial charge in [-0.05, 0) is 55.4 Å². The third kappa shape index (κ3) is 5.86. The molecule has 6 nitrogen and oxygen atoms in total. The van der Waals surface area contributed by atoms with Gasteiger partial charge >= 0.3 is 0 Å². The Morgan fingerprint density at radius 2 is 1.93 bits per heavy atom. The minimum absolute atomic E-state index is 0.441. The number of piperidine rings is 1. The number of para-hydroxylation sites is 1. The van der Waals surface area contributed by atoms with Crippen LogP contribution in [0, 0.1) is 5.92 Å². The zero-order chi connectivity index (χ0) is 19.9. The number of guanidine groups is 1. The molecule has 2 N–H and O–H groups in total. The summed E-state index contributed by atoms with van der Waals surface area (Å²) >= 11 is 0. The van der Waals surface area contributed by atoms with Crippen molar-refractivity contribution >= 4 is 11.6 Å². The van der Waals surface area contributed by atoms with Crippen molar-refractivity contribution < 1.29 is 4.74 Å². The van der Waals surface area contributed by atoms with Crippen LogP contribution in [0.15, 0.2) is 53.7 Å². The van der Waals surface area contributed by atoms with Crippen molar-refractivity contribution in [2.45, 2.75) is 38.3 Å². The molecule has 6 heteroatoms. The Morgan fingerprint density at radius 1 is 1.14 bits per heavy atom. The molecule has 0 spiro atoms. The number of pyridine rings is 1. The Labute approximate surface area is 173 Å². The molecule has 29 heavy (non-hydrogen) atoms. The lowest BCUT2D eigenvalue weighted by molar-refractivity contribution is 0.288. The van der Waals surface area contributed by atoms with Gasteiger partial charge in [0, 0.05) is 50.7 Å². The number of aromatic nitrogens is 1. The highest BCUT2D eigenvalue weighted by Crippen LogP contribution is 2.29. The van der Waals surface area contributed by atoms with Gasteiger partial charge in [-0.1, -0.05) is 18.2 Å². The summed E-state index contributed by atoms with van der Waals surface area (Å²) in [5.74, 6) is 2.29. The highest BCUT2D eigenvalue weighted by atomic mass is 16.5. The monoisotopic (exact) mass is 393 g/mol. The third-order valence-corrected chi connectivity index (χ3v) is 5.60. The van der Waals surface area contributed by atoms with E-state index in [1.807, 2.05) is 25.4 Å². The summed E-state index contributed by atoms with van der Waals surface area (Å²) in [5.41, 5.74) is 2.46. The summed E-state index contributed by atoms with van der Waals surface area (Å²) in [5, 5.41) is 7.00. The van der Waals surface area contributed by atoms with Crippen LogP contribution in [0.4, 0.5) is 5.69 Å². The van der Waals surface area contributed by atoms with E-state index in [-0.39, 0.29) is 0 Å². The van der Waals surface area contributed by atoms with Crippen molar-refractivity contribution in [3.63, 3.8) is 0 Å². The quantitative estimate of drug-likeness (QED) is 0.559. The molecule has 0 amide bonds. The van der Waals surface area contributed by atoms with E-state index in [1.54, 1.807) is 0 Å². The number of benzene rings is 1. The van der Waals surface area contributed by atoms with Gasteiger partial charge in [0.1, 0.15) is 0 Å². The normalized spacial score (nSPS) is 17.8. The lowest BCUT2D eigenvalue weighted by atomic mass is 10.0. The molecule has 1 aromatic heterocycles. The second kappa shape index (κ2) is 9.63. The van der Waals surface area contributed by atoms with E-state index in [0.29, 0.717) is 18.5 Å². The van der Waals surface area contributed by atoms with Crippen LogP contribution in [-0.2, 0) is 6.54 Å². The standard InChI is InChI=1S/C23H31N5O/c1-24-23(26-16-19-9-12-25-22(15-19)29-17-18-7-8-18)27-20-10-13-28(14-11-20)21-5-3-2-4-6-21/h2-6,9,12,15,18,20H,7-8,10-11,13-14,16-17H2,1H3,(H2,24,26,27). The molecular weight excluding hydrogens is 362 g/mol. The first-order chi connectivity index (χ1) is 14.3. The largest absolute Gasteiger partial charge is 0.477 e. The lowest BCUT2D eigenvalue weighted by Gasteiger charge is -2.34. The molecule has 1 saturated carbocycles. The average Bonchev–Trinajstić information content (AvgIpc) is 3.61. The fourth-order valence-corrected chi connectivity index (χ4v) is 3.62. The van der Waals surface area contributed by atoms with Crippen LogP contribution in [0.25, 0.3) is 0 Å². The van der Waals surface area contributed by atoms with Gasteiger partial charge in [0.05, 0.1) is 6.61 Å². The number of nitrogens with one attached hydrogen (secondary N) is 2. The molecule has 154 valence electrons. The highest BCUT2D eigenvalue weighted by Gasteiger charge is 2.22. The molecule has 2 heterocycles. The number of anilines is 1. The molecule has 4 rings (SSSR count). The van der Waals surface area contributed by atoms with Gasteiger partial charge in [0.15, 0.2) is 5.96 Å². The summed E-state index contributed by atoms with van der Waals surface area (Å²) in [4.78, 5) is 11.2. The first kappa shape index (κ1) is 19.6. The summed E-state index contributed by atoms with van der Waals surface area (Å²) in [6.45, 7) is 3.61. The topological polar surface area (TPSA) is 61.8 Å². The second-order valence-electron chi connectivity index (χ2n) is 7.92. The van der Waals surface area contributed by atoms with E-state index < -0.39 is 0 Å². The number of aliphatic imine (C=N–C) groups is 1. The molecule has 0 unspecified atom stereocenters. The molecule has 0 radical (unpaired) electrons. The van der Waals surface area contributed by atoms with Crippen LogP contribution >= 0.6 is 0 Å². The predicted molar refractivity (Wildman–Crippen MR) is 117 cm³/mol. The van der Waals surface area contributed by atoms with Crippen molar-refractivity contribution in [2.24, 2.45) is 10.9 Å². The SMILES string of the molecule is CN=C(NCc1ccnc(OCC2CC2)c1)NC1CCN(c2ccccc2)CC1. The molecule has 2 fully saturated rings. The minimum Gasteiger partial charge on any atom is -0.477 e. The van der Waals surface area contributed by atoms with E-state index in [9.17, 15) is 0 Å². The van der Waals surface area contributed by atoms with Gasteiger partial charge in [-0.2, -0.15) is 0 Å². The minimum atomic E-state index is 0.441. The van der Waals surface area contributed by atoms with Crippen LogP contribution in [0.1, 0.15) is 31.2 Å². The van der Waals surface area contributed by atoms with Gasteiger partial charge in [0.2, 0.25) is 5.88 Å². The van der Waals surface area contributed by atoms with Gasteiger partial charge in [-0.3, -0.25) is 4.99 Å². The van der Waals surface area contributed by atoms with Crippen molar-refractivity contribution in [1.29, 1.82) is 0 Å². The Hall–Kier alpha value is -2.76. The van der Waals surface area contributed by atoms with Crippen molar-refractivity contribution in [2.75, 3.05) is 31.6 Å². The van der Waals surface area contributed by atoms with Crippen LogP contribution < -0.4 is 20.3 Å². The smallest absolute Gasteiger partial charge is 0.213 e. The molecule has 1 aliphatic carbocycles. The molecule has 2 aliphatic rings. The Kier molecular flexibility index (Phi) is 6.49. The third-order valence-electron chi connectivity index (χ3n) is 5.60. The maximum Gasteiger partial charge on any atom is 0.213 e. The number of ether oxygens (including phenoxy) is 1. The Balaban J connectivity index is 1.22. The van der Waals surface area contributed by atoms with Crippen LogP contribution in [-0.4, -0.2) is 43.7 Å². The second-order valence-corrected chi connectivity index (χ2v) is 7.92. The predicted octanol–water partition coefficient (Wildman–Crippen LogP) is 3.20. The molecule has 0 bridgehead atoms. The van der Waals surface area contributed by atoms with Gasteiger partial charge in [-0.15, -0.1) is 0 Å². The summed E-state index contributed by atoms with van der Waals surface area (Å²) < 4.78 is 5.78. The number of hydrogen-bond acceptors (Lipinski definition) is 4. The highest BCUT2D eigenvalue weighted by molar-refractivity contribution is 5.80. The Bertz CT molecular complexity index is 798. The van der Waals surface area contributed by atoms with Crippen LogP contribution in [0.3, 0.4) is 0 Å². The van der Waals surface area contributed by atoms with E-state index >= 15 is 0 Å². The average molecular weight is 394 g/mol. The lowest BCUT2D eigenvalue weighted by Crippen LogP contribution is -2.48. The number of rotatable bonds is 7. The van der Waals surface area contributed by atoms with E-state index in [4.69, 9.17) is 4.74 Å². The maximum absolute atomic E-state index is 5.78. The molecule has 2 aromatic rings. The molecule has 1 saturated heterocycles. The molecule has 1 aromatic carbocycles. The maximum atomic E-state index is 5.78. The van der Waals surface area contributed by atoms with Gasteiger partial charge in [-0.25, -0.2) is 4.98 Å². The fraction of sp³-hybridized carbons (Fsp3) is 0.478. The van der Waals surface area contributed by atoms with Crippen molar-refractivity contribution in [3.05, 3.63) is 54.2 Å². The Morgan fingerprint density at radius 3 is 2.66 bits per heavy atom. The van der Waals surface area contributed by atoms with Gasteiger partial charge in [0.25, 0.3) is 0 Å². The number of hydrogen-bond donors (Lipinski definition) is 2. The van der Waals surface area contributed by atoms with Crippen LogP contribution in [0.2, 0.25) is 0 Å². The van der Waals surface area contributed by atoms with E-state index in [2.05, 4.69) is 55.8 Å². The summed E-state index contributed by atoms with van der Waals surface area (Å²) in [7, 11) is 1.82. The van der Waals surface area contributed by atoms with E-state index in [1.165, 1.54) is 18.5 Å². The fourth-order valence-electron chi connectivity index (χ4n) is 3.62. The van der Waals surface area contributed by atoms with Crippen molar-refractivity contribution in [3.8, 4) is 5.88 Å². The van der Waals surface area contributed by atoms with Gasteiger partial charge < -0.3 is 20.3 Å². The molecule has 1 aliphatic heterocycles. The van der Waals surface area contributed by atoms with Crippen molar-refractivity contribution in [1.82, 2.24) is 15.6 Å². The molecular formula is C23H31N5O. The first-order valence-corrected chi connectivity index (χ1v) is 10.6. The number of nitrogens with zero attached hydrogens (tertiary/aromatic N) is 3. The van der Waals surface area contributed by atoms with E-state index in [0.717, 1.165) is 50.0 Å². The first-order valence-electron chi connectivity index (χ1n) is 10.6. The van der Waals surface area contributed by atoms with Crippen LogP contribution in [0.5, 0.6) is 5.88 Å². The summed E-state index contributed by atoms with van der Waals surface area (Å²) in [6, 6.07) is 15.1.